The lowest BCUT2D eigenvalue weighted by Gasteiger charge is -2.11. The minimum atomic E-state index is -0.703. The Hall–Kier alpha value is -2.57. The van der Waals surface area contributed by atoms with Crippen molar-refractivity contribution in [2.24, 2.45) is 0 Å². The molecule has 0 radical (unpaired) electrons. The lowest BCUT2D eigenvalue weighted by atomic mass is 10.1. The molecule has 0 heterocycles. The fourth-order valence-electron chi connectivity index (χ4n) is 1.72. The number of imide groups is 1. The summed E-state index contributed by atoms with van der Waals surface area (Å²) in [6, 6.07) is 6.62. The van der Waals surface area contributed by atoms with E-state index in [-0.39, 0.29) is 12.6 Å². The van der Waals surface area contributed by atoms with E-state index in [1.807, 2.05) is 19.1 Å². The molecule has 0 aliphatic heterocycles. The number of esters is 1. The van der Waals surface area contributed by atoms with Crippen LogP contribution in [0.4, 0.5) is 4.79 Å². The molecule has 1 aromatic rings. The van der Waals surface area contributed by atoms with Crippen LogP contribution in [0.1, 0.15) is 26.3 Å². The SMILES string of the molecule is CCc1ccccc1OCC(=O)OCC(=O)NC(=O)NC(C)C. The van der Waals surface area contributed by atoms with Crippen LogP contribution in [0.15, 0.2) is 24.3 Å². The van der Waals surface area contributed by atoms with Gasteiger partial charge in [-0.3, -0.25) is 10.1 Å². The van der Waals surface area contributed by atoms with E-state index < -0.39 is 24.5 Å². The third kappa shape index (κ3) is 7.30. The highest BCUT2D eigenvalue weighted by Crippen LogP contribution is 2.17. The summed E-state index contributed by atoms with van der Waals surface area (Å²) < 4.78 is 10.1. The number of carbonyl (C=O) groups excluding carboxylic acids is 3. The summed E-state index contributed by atoms with van der Waals surface area (Å²) in [7, 11) is 0. The van der Waals surface area contributed by atoms with Crippen molar-refractivity contribution in [1.29, 1.82) is 0 Å². The van der Waals surface area contributed by atoms with Crippen LogP contribution in [0.5, 0.6) is 5.75 Å². The number of amides is 3. The highest BCUT2D eigenvalue weighted by Gasteiger charge is 2.12. The average Bonchev–Trinajstić information content (AvgIpc) is 2.50. The van der Waals surface area contributed by atoms with Crippen molar-refractivity contribution in [2.45, 2.75) is 33.2 Å². The number of hydrogen-bond acceptors (Lipinski definition) is 5. The average molecular weight is 322 g/mol. The van der Waals surface area contributed by atoms with Crippen LogP contribution < -0.4 is 15.4 Å². The summed E-state index contributed by atoms with van der Waals surface area (Å²) >= 11 is 0. The largest absolute Gasteiger partial charge is 0.482 e. The second-order valence-electron chi connectivity index (χ2n) is 5.09. The number of benzene rings is 1. The lowest BCUT2D eigenvalue weighted by Crippen LogP contribution is -2.44. The molecule has 0 bridgehead atoms. The second-order valence-corrected chi connectivity index (χ2v) is 5.09. The topological polar surface area (TPSA) is 93.7 Å². The number of nitrogens with one attached hydrogen (secondary N) is 2. The number of carbonyl (C=O) groups is 3. The fraction of sp³-hybridized carbons (Fsp3) is 0.438. The van der Waals surface area contributed by atoms with Crippen LogP contribution in [0.3, 0.4) is 0 Å². The quantitative estimate of drug-likeness (QED) is 0.740. The summed E-state index contributed by atoms with van der Waals surface area (Å²) in [4.78, 5) is 34.3. The number of aryl methyl sites for hydroxylation is 1. The fourth-order valence-corrected chi connectivity index (χ4v) is 1.72. The zero-order valence-corrected chi connectivity index (χ0v) is 13.5. The Morgan fingerprint density at radius 1 is 1.13 bits per heavy atom. The van der Waals surface area contributed by atoms with Crippen LogP contribution in [0, 0.1) is 0 Å². The first kappa shape index (κ1) is 18.5. The Morgan fingerprint density at radius 2 is 1.83 bits per heavy atom. The van der Waals surface area contributed by atoms with Crippen molar-refractivity contribution in [3.8, 4) is 5.75 Å². The van der Waals surface area contributed by atoms with E-state index >= 15 is 0 Å². The van der Waals surface area contributed by atoms with Crippen LogP contribution >= 0.6 is 0 Å². The lowest BCUT2D eigenvalue weighted by molar-refractivity contribution is -0.150. The first-order valence-electron chi connectivity index (χ1n) is 7.39. The summed E-state index contributed by atoms with van der Waals surface area (Å²) in [5, 5.41) is 4.54. The van der Waals surface area contributed by atoms with E-state index in [0.717, 1.165) is 12.0 Å². The number of urea groups is 1. The summed E-state index contributed by atoms with van der Waals surface area (Å²) in [5.41, 5.74) is 0.975. The summed E-state index contributed by atoms with van der Waals surface area (Å²) in [6.45, 7) is 4.66. The predicted molar refractivity (Wildman–Crippen MR) is 84.1 cm³/mol. The Bertz CT molecular complexity index is 557. The Labute approximate surface area is 135 Å². The van der Waals surface area contributed by atoms with Crippen molar-refractivity contribution in [3.63, 3.8) is 0 Å². The molecule has 126 valence electrons. The maximum Gasteiger partial charge on any atom is 0.344 e. The molecule has 0 atom stereocenters. The molecule has 0 aliphatic carbocycles. The third-order valence-corrected chi connectivity index (χ3v) is 2.74. The van der Waals surface area contributed by atoms with Gasteiger partial charge in [-0.05, 0) is 31.9 Å². The Kier molecular flexibility index (Phi) is 7.59. The normalized spacial score (nSPS) is 10.1. The molecule has 1 aromatic carbocycles. The number of ether oxygens (including phenoxy) is 2. The van der Waals surface area contributed by atoms with E-state index in [1.54, 1.807) is 26.0 Å². The minimum absolute atomic E-state index is 0.0996. The van der Waals surface area contributed by atoms with Crippen LogP contribution in [0.25, 0.3) is 0 Å². The molecule has 3 amide bonds. The Balaban J connectivity index is 2.31. The molecule has 7 nitrogen and oxygen atoms in total. The number of para-hydroxylation sites is 1. The van der Waals surface area contributed by atoms with Crippen LogP contribution in [-0.2, 0) is 20.7 Å². The van der Waals surface area contributed by atoms with E-state index in [4.69, 9.17) is 9.47 Å². The van der Waals surface area contributed by atoms with Gasteiger partial charge in [0.2, 0.25) is 0 Å². The molecule has 0 unspecified atom stereocenters. The molecule has 0 aromatic heterocycles. The molecule has 7 heteroatoms. The van der Waals surface area contributed by atoms with Gasteiger partial charge in [-0.1, -0.05) is 25.1 Å². The molecule has 0 saturated carbocycles. The van der Waals surface area contributed by atoms with Gasteiger partial charge in [-0.15, -0.1) is 0 Å². The van der Waals surface area contributed by atoms with Crippen molar-refractivity contribution in [1.82, 2.24) is 10.6 Å². The zero-order chi connectivity index (χ0) is 17.2. The van der Waals surface area contributed by atoms with Crippen LogP contribution in [-0.4, -0.2) is 37.2 Å². The van der Waals surface area contributed by atoms with Crippen molar-refractivity contribution in [3.05, 3.63) is 29.8 Å². The van der Waals surface area contributed by atoms with Gasteiger partial charge in [0.1, 0.15) is 5.75 Å². The molecule has 23 heavy (non-hydrogen) atoms. The standard InChI is InChI=1S/C16H22N2O5/c1-4-12-7-5-6-8-13(12)22-10-15(20)23-9-14(19)18-16(21)17-11(2)3/h5-8,11H,4,9-10H2,1-3H3,(H2,17,18,19,21). The molecule has 0 fully saturated rings. The molecule has 0 spiro atoms. The number of hydrogen-bond donors (Lipinski definition) is 2. The van der Waals surface area contributed by atoms with Gasteiger partial charge < -0.3 is 14.8 Å². The zero-order valence-electron chi connectivity index (χ0n) is 13.5. The summed E-state index contributed by atoms with van der Waals surface area (Å²) in [6.07, 6.45) is 0.776. The molecule has 0 saturated heterocycles. The van der Waals surface area contributed by atoms with Crippen molar-refractivity contribution < 1.29 is 23.9 Å². The van der Waals surface area contributed by atoms with Crippen LogP contribution in [0.2, 0.25) is 0 Å². The molecule has 2 N–H and O–H groups in total. The van der Waals surface area contributed by atoms with Gasteiger partial charge in [0.15, 0.2) is 13.2 Å². The molecule has 1 rings (SSSR count). The van der Waals surface area contributed by atoms with Crippen molar-refractivity contribution >= 4 is 17.9 Å². The van der Waals surface area contributed by atoms with Gasteiger partial charge in [-0.2, -0.15) is 0 Å². The predicted octanol–water partition coefficient (Wildman–Crippen LogP) is 1.41. The highest BCUT2D eigenvalue weighted by atomic mass is 16.6. The molecular weight excluding hydrogens is 300 g/mol. The van der Waals surface area contributed by atoms with E-state index in [2.05, 4.69) is 10.6 Å². The maximum absolute atomic E-state index is 11.6. The van der Waals surface area contributed by atoms with Crippen molar-refractivity contribution in [2.75, 3.05) is 13.2 Å². The van der Waals surface area contributed by atoms with Gasteiger partial charge in [-0.25, -0.2) is 9.59 Å². The summed E-state index contributed by atoms with van der Waals surface area (Å²) in [5.74, 6) is -0.784. The Morgan fingerprint density at radius 3 is 2.48 bits per heavy atom. The second kappa shape index (κ2) is 9.45. The first-order valence-corrected chi connectivity index (χ1v) is 7.39. The van der Waals surface area contributed by atoms with Gasteiger partial charge in [0.05, 0.1) is 0 Å². The number of rotatable bonds is 7. The highest BCUT2D eigenvalue weighted by molar-refractivity contribution is 5.95. The van der Waals surface area contributed by atoms with Gasteiger partial charge >= 0.3 is 12.0 Å². The van der Waals surface area contributed by atoms with Gasteiger partial charge in [0.25, 0.3) is 5.91 Å². The maximum atomic E-state index is 11.6. The van der Waals surface area contributed by atoms with E-state index in [0.29, 0.717) is 5.75 Å². The third-order valence-electron chi connectivity index (χ3n) is 2.74. The molecule has 0 aliphatic rings. The molecular formula is C16H22N2O5. The first-order chi connectivity index (χ1) is 10.9. The minimum Gasteiger partial charge on any atom is -0.482 e. The smallest absolute Gasteiger partial charge is 0.344 e. The van der Waals surface area contributed by atoms with E-state index in [9.17, 15) is 14.4 Å². The van der Waals surface area contributed by atoms with E-state index in [1.165, 1.54) is 0 Å². The van der Waals surface area contributed by atoms with Gasteiger partial charge in [0, 0.05) is 6.04 Å². The monoisotopic (exact) mass is 322 g/mol.